The Kier molecular flexibility index (Phi) is 4.96. The fourth-order valence-electron chi connectivity index (χ4n) is 2.67. The van der Waals surface area contributed by atoms with Gasteiger partial charge in [0.15, 0.2) is 0 Å². The van der Waals surface area contributed by atoms with Crippen LogP contribution in [0.2, 0.25) is 0 Å². The van der Waals surface area contributed by atoms with Gasteiger partial charge in [-0.3, -0.25) is 5.32 Å². The predicted octanol–water partition coefficient (Wildman–Crippen LogP) is 2.43. The molecule has 0 spiro atoms. The first-order chi connectivity index (χ1) is 11.5. The van der Waals surface area contributed by atoms with Crippen LogP contribution < -0.4 is 15.5 Å². The first kappa shape index (κ1) is 16.7. The zero-order valence-corrected chi connectivity index (χ0v) is 14.8. The number of aromatic nitrogens is 2. The Bertz CT molecular complexity index is 718. The van der Waals surface area contributed by atoms with Gasteiger partial charge in [0.25, 0.3) is 0 Å². The Balaban J connectivity index is 1.62. The van der Waals surface area contributed by atoms with Crippen LogP contribution in [0.4, 0.5) is 16.6 Å². The van der Waals surface area contributed by atoms with Crippen molar-refractivity contribution in [2.75, 3.05) is 30.9 Å². The van der Waals surface area contributed by atoms with Crippen molar-refractivity contribution in [2.45, 2.75) is 25.5 Å². The maximum Gasteiger partial charge on any atom is 0.321 e. The average Bonchev–Trinajstić information content (AvgIpc) is 3.03. The number of ether oxygens (including phenoxy) is 1. The van der Waals surface area contributed by atoms with Gasteiger partial charge in [-0.05, 0) is 30.0 Å². The lowest BCUT2D eigenvalue weighted by Crippen LogP contribution is -2.41. The highest BCUT2D eigenvalue weighted by Crippen LogP contribution is 2.33. The van der Waals surface area contributed by atoms with E-state index in [9.17, 15) is 4.79 Å². The van der Waals surface area contributed by atoms with Crippen molar-refractivity contribution in [3.8, 4) is 0 Å². The Labute approximate surface area is 145 Å². The molecule has 2 N–H and O–H groups in total. The van der Waals surface area contributed by atoms with E-state index in [0.717, 1.165) is 12.2 Å². The molecule has 7 nitrogen and oxygen atoms in total. The molecule has 0 radical (unpaired) electrons. The second kappa shape index (κ2) is 7.14. The lowest BCUT2D eigenvalue weighted by atomic mass is 10.0. The summed E-state index contributed by atoms with van der Waals surface area (Å²) in [6.45, 7) is 2.62. The molecular weight excluding hydrogens is 326 g/mol. The summed E-state index contributed by atoms with van der Waals surface area (Å²) < 4.78 is 5.85. The number of carbonyl (C=O) groups excluding carboxylic acids is 1. The Morgan fingerprint density at radius 3 is 3.08 bits per heavy atom. The topological polar surface area (TPSA) is 79.4 Å². The van der Waals surface area contributed by atoms with Gasteiger partial charge < -0.3 is 15.0 Å². The second-order valence-electron chi connectivity index (χ2n) is 5.86. The van der Waals surface area contributed by atoms with Crippen molar-refractivity contribution >= 4 is 29.1 Å². The molecule has 128 valence electrons. The second-order valence-corrected chi connectivity index (χ2v) is 6.86. The molecule has 0 bridgehead atoms. The quantitative estimate of drug-likeness (QED) is 0.888. The van der Waals surface area contributed by atoms with Gasteiger partial charge >= 0.3 is 6.03 Å². The van der Waals surface area contributed by atoms with Crippen molar-refractivity contribution in [3.63, 3.8) is 0 Å². The SMILES string of the molecule is C[C@H](NC(=O)Nc1nccc(N(C)C)n1)[C@H]1OCCc2sccc21. The van der Waals surface area contributed by atoms with Gasteiger partial charge in [-0.1, -0.05) is 0 Å². The molecule has 8 heteroatoms. The summed E-state index contributed by atoms with van der Waals surface area (Å²) in [6.07, 6.45) is 2.43. The van der Waals surface area contributed by atoms with Crippen molar-refractivity contribution in [1.82, 2.24) is 15.3 Å². The van der Waals surface area contributed by atoms with Crippen LogP contribution in [0.25, 0.3) is 0 Å². The Morgan fingerprint density at radius 1 is 1.46 bits per heavy atom. The lowest BCUT2D eigenvalue weighted by molar-refractivity contribution is 0.0238. The number of anilines is 2. The van der Waals surface area contributed by atoms with E-state index in [0.29, 0.717) is 6.61 Å². The largest absolute Gasteiger partial charge is 0.371 e. The molecule has 24 heavy (non-hydrogen) atoms. The van der Waals surface area contributed by atoms with E-state index in [2.05, 4.69) is 32.0 Å². The van der Waals surface area contributed by atoms with E-state index in [-0.39, 0.29) is 24.1 Å². The molecule has 2 aromatic heterocycles. The number of rotatable bonds is 4. The standard InChI is InChI=1S/C16H21N5O2S/c1-10(14-11-6-9-24-12(11)5-8-23-14)18-16(22)20-15-17-7-4-13(19-15)21(2)3/h4,6-7,9-10,14H,5,8H2,1-3H3,(H2,17,18,19,20,22)/t10-,14+/m0/s1. The predicted molar refractivity (Wildman–Crippen MR) is 94.7 cm³/mol. The Hall–Kier alpha value is -2.19. The van der Waals surface area contributed by atoms with E-state index in [1.807, 2.05) is 25.9 Å². The average molecular weight is 347 g/mol. The first-order valence-electron chi connectivity index (χ1n) is 7.80. The molecule has 3 rings (SSSR count). The zero-order chi connectivity index (χ0) is 17.1. The van der Waals surface area contributed by atoms with E-state index >= 15 is 0 Å². The van der Waals surface area contributed by atoms with Gasteiger partial charge in [-0.2, -0.15) is 4.98 Å². The number of amides is 2. The molecule has 3 heterocycles. The number of hydrogen-bond acceptors (Lipinski definition) is 6. The molecule has 2 amide bonds. The van der Waals surface area contributed by atoms with E-state index in [1.165, 1.54) is 10.4 Å². The van der Waals surface area contributed by atoms with E-state index in [4.69, 9.17) is 4.74 Å². The minimum absolute atomic E-state index is 0.125. The number of carbonyl (C=O) groups is 1. The van der Waals surface area contributed by atoms with Gasteiger partial charge in [-0.25, -0.2) is 9.78 Å². The summed E-state index contributed by atoms with van der Waals surface area (Å²) in [7, 11) is 3.76. The van der Waals surface area contributed by atoms with Gasteiger partial charge in [0.2, 0.25) is 5.95 Å². The van der Waals surface area contributed by atoms with Crippen molar-refractivity contribution in [3.05, 3.63) is 34.2 Å². The van der Waals surface area contributed by atoms with Gasteiger partial charge in [0, 0.05) is 31.6 Å². The normalized spacial score (nSPS) is 17.7. The lowest BCUT2D eigenvalue weighted by Gasteiger charge is -2.29. The molecule has 1 aliphatic heterocycles. The molecule has 0 aliphatic carbocycles. The molecule has 2 aromatic rings. The molecule has 0 fully saturated rings. The van der Waals surface area contributed by atoms with Crippen molar-refractivity contribution in [1.29, 1.82) is 0 Å². The molecule has 0 saturated carbocycles. The summed E-state index contributed by atoms with van der Waals surface area (Å²) in [4.78, 5) is 23.8. The van der Waals surface area contributed by atoms with Crippen LogP contribution in [0, 0.1) is 0 Å². The van der Waals surface area contributed by atoms with Crippen LogP contribution in [-0.4, -0.2) is 42.7 Å². The molecular formula is C16H21N5O2S. The van der Waals surface area contributed by atoms with Crippen molar-refractivity contribution in [2.24, 2.45) is 0 Å². The third-order valence-electron chi connectivity index (χ3n) is 3.85. The minimum Gasteiger partial charge on any atom is -0.371 e. The number of hydrogen-bond donors (Lipinski definition) is 2. The fourth-order valence-corrected chi connectivity index (χ4v) is 3.57. The summed E-state index contributed by atoms with van der Waals surface area (Å²) in [5, 5.41) is 7.66. The minimum atomic E-state index is -0.343. The van der Waals surface area contributed by atoms with Gasteiger partial charge in [0.1, 0.15) is 11.9 Å². The smallest absolute Gasteiger partial charge is 0.321 e. The number of fused-ring (bicyclic) bond motifs is 1. The highest BCUT2D eigenvalue weighted by Gasteiger charge is 2.28. The third-order valence-corrected chi connectivity index (χ3v) is 4.85. The summed E-state index contributed by atoms with van der Waals surface area (Å²) >= 11 is 1.74. The third kappa shape index (κ3) is 3.65. The highest BCUT2D eigenvalue weighted by atomic mass is 32.1. The maximum absolute atomic E-state index is 12.2. The molecule has 1 aliphatic rings. The van der Waals surface area contributed by atoms with Crippen LogP contribution >= 0.6 is 11.3 Å². The number of thiophene rings is 1. The molecule has 0 saturated heterocycles. The first-order valence-corrected chi connectivity index (χ1v) is 8.68. The number of nitrogens with one attached hydrogen (secondary N) is 2. The van der Waals surface area contributed by atoms with Crippen molar-refractivity contribution < 1.29 is 9.53 Å². The van der Waals surface area contributed by atoms with Crippen LogP contribution in [0.5, 0.6) is 0 Å². The van der Waals surface area contributed by atoms with Gasteiger partial charge in [-0.15, -0.1) is 11.3 Å². The number of urea groups is 1. The van der Waals surface area contributed by atoms with E-state index < -0.39 is 0 Å². The van der Waals surface area contributed by atoms with Crippen LogP contribution in [-0.2, 0) is 11.2 Å². The molecule has 0 aromatic carbocycles. The van der Waals surface area contributed by atoms with Crippen LogP contribution in [0.1, 0.15) is 23.5 Å². The number of nitrogens with zero attached hydrogens (tertiary/aromatic N) is 3. The fraction of sp³-hybridized carbons (Fsp3) is 0.438. The monoisotopic (exact) mass is 347 g/mol. The van der Waals surface area contributed by atoms with Crippen LogP contribution in [0.3, 0.4) is 0 Å². The molecule has 0 unspecified atom stereocenters. The summed E-state index contributed by atoms with van der Waals surface area (Å²) in [6, 6.07) is 3.35. The maximum atomic E-state index is 12.2. The summed E-state index contributed by atoms with van der Waals surface area (Å²) in [5.41, 5.74) is 1.17. The highest BCUT2D eigenvalue weighted by molar-refractivity contribution is 7.10. The Morgan fingerprint density at radius 2 is 2.29 bits per heavy atom. The van der Waals surface area contributed by atoms with Gasteiger partial charge in [0.05, 0.1) is 12.6 Å². The molecule has 2 atom stereocenters. The van der Waals surface area contributed by atoms with E-state index in [1.54, 1.807) is 23.6 Å². The zero-order valence-electron chi connectivity index (χ0n) is 13.9. The summed E-state index contributed by atoms with van der Waals surface area (Å²) in [5.74, 6) is 0.999. The van der Waals surface area contributed by atoms with Crippen LogP contribution in [0.15, 0.2) is 23.7 Å².